The van der Waals surface area contributed by atoms with Crippen LogP contribution in [-0.4, -0.2) is 27.9 Å². The summed E-state index contributed by atoms with van der Waals surface area (Å²) >= 11 is 0. The molecule has 0 saturated carbocycles. The zero-order valence-electron chi connectivity index (χ0n) is 11.2. The Hall–Kier alpha value is -1.91. The molecule has 1 aromatic rings. The van der Waals surface area contributed by atoms with Crippen LogP contribution >= 0.6 is 0 Å². The minimum absolute atomic E-state index is 0.0956. The highest BCUT2D eigenvalue weighted by molar-refractivity contribution is 5.71. The maximum absolute atomic E-state index is 11.4. The molecule has 19 heavy (non-hydrogen) atoms. The van der Waals surface area contributed by atoms with Crippen molar-refractivity contribution in [1.82, 2.24) is 0 Å². The molecule has 0 bridgehead atoms. The van der Waals surface area contributed by atoms with Gasteiger partial charge in [0.1, 0.15) is 0 Å². The fourth-order valence-electron chi connectivity index (χ4n) is 1.56. The Morgan fingerprint density at radius 1 is 1.26 bits per heavy atom. The van der Waals surface area contributed by atoms with E-state index in [0.717, 1.165) is 6.42 Å². The van der Waals surface area contributed by atoms with E-state index in [-0.39, 0.29) is 23.4 Å². The van der Waals surface area contributed by atoms with Crippen LogP contribution in [0.25, 0.3) is 0 Å². The molecular weight excluding hydrogens is 248 g/mol. The topological polar surface area (TPSA) is 87.0 Å². The van der Waals surface area contributed by atoms with Crippen molar-refractivity contribution < 1.29 is 24.9 Å². The second-order valence-electron chi connectivity index (χ2n) is 4.56. The van der Waals surface area contributed by atoms with Gasteiger partial charge in [-0.15, -0.1) is 0 Å². The predicted molar refractivity (Wildman–Crippen MR) is 70.2 cm³/mol. The first kappa shape index (κ1) is 15.1. The molecule has 0 saturated heterocycles. The van der Waals surface area contributed by atoms with Crippen molar-refractivity contribution in [2.45, 2.75) is 33.1 Å². The third-order valence-electron chi connectivity index (χ3n) is 3.00. The van der Waals surface area contributed by atoms with E-state index in [1.807, 2.05) is 13.8 Å². The molecule has 1 aromatic carbocycles. The lowest BCUT2D eigenvalue weighted by atomic mass is 10.1. The normalized spacial score (nSPS) is 12.1. The molecule has 0 heterocycles. The van der Waals surface area contributed by atoms with Crippen molar-refractivity contribution in [2.24, 2.45) is 5.92 Å². The molecule has 0 radical (unpaired) electrons. The molecule has 1 atom stereocenters. The van der Waals surface area contributed by atoms with E-state index in [0.29, 0.717) is 25.0 Å². The molecule has 0 aliphatic heterocycles. The zero-order chi connectivity index (χ0) is 14.4. The number of hydrogen-bond donors (Lipinski definition) is 3. The summed E-state index contributed by atoms with van der Waals surface area (Å²) in [6, 6.07) is 2.76. The summed E-state index contributed by atoms with van der Waals surface area (Å²) in [5, 5.41) is 27.9. The Labute approximate surface area is 112 Å². The minimum Gasteiger partial charge on any atom is -0.504 e. The third kappa shape index (κ3) is 4.35. The standard InChI is InChI=1S/C14H20O5/c1-3-9(2)14(18)19-6-4-5-10-7-11(15)13(17)12(16)8-10/h7-9,15-17H,3-6H2,1-2H3. The molecular formula is C14H20O5. The fourth-order valence-corrected chi connectivity index (χ4v) is 1.56. The van der Waals surface area contributed by atoms with Crippen molar-refractivity contribution in [3.8, 4) is 17.2 Å². The molecule has 1 unspecified atom stereocenters. The SMILES string of the molecule is CCC(C)C(=O)OCCCc1cc(O)c(O)c(O)c1. The summed E-state index contributed by atoms with van der Waals surface area (Å²) in [5.41, 5.74) is 0.674. The first-order valence-corrected chi connectivity index (χ1v) is 6.36. The quantitative estimate of drug-likeness (QED) is 0.419. The number of aryl methyl sites for hydroxylation is 1. The van der Waals surface area contributed by atoms with Crippen LogP contribution in [0.2, 0.25) is 0 Å². The van der Waals surface area contributed by atoms with Crippen molar-refractivity contribution >= 4 is 5.97 Å². The number of benzene rings is 1. The van der Waals surface area contributed by atoms with Gasteiger partial charge in [-0.25, -0.2) is 0 Å². The molecule has 5 nitrogen and oxygen atoms in total. The Balaban J connectivity index is 2.40. The van der Waals surface area contributed by atoms with E-state index in [9.17, 15) is 20.1 Å². The maximum Gasteiger partial charge on any atom is 0.308 e. The number of phenolic OH excluding ortho intramolecular Hbond substituents is 3. The molecule has 0 aromatic heterocycles. The van der Waals surface area contributed by atoms with E-state index in [4.69, 9.17) is 4.74 Å². The highest BCUT2D eigenvalue weighted by Crippen LogP contribution is 2.35. The second kappa shape index (κ2) is 6.87. The van der Waals surface area contributed by atoms with Gasteiger partial charge in [0.05, 0.1) is 12.5 Å². The van der Waals surface area contributed by atoms with E-state index < -0.39 is 5.75 Å². The van der Waals surface area contributed by atoms with Crippen LogP contribution in [0.5, 0.6) is 17.2 Å². The van der Waals surface area contributed by atoms with Gasteiger partial charge in [0.2, 0.25) is 0 Å². The van der Waals surface area contributed by atoms with E-state index in [2.05, 4.69) is 0 Å². The van der Waals surface area contributed by atoms with Crippen LogP contribution in [0.3, 0.4) is 0 Å². The molecule has 1 rings (SSSR count). The molecule has 3 N–H and O–H groups in total. The summed E-state index contributed by atoms with van der Waals surface area (Å²) in [4.78, 5) is 11.4. The van der Waals surface area contributed by atoms with Gasteiger partial charge in [-0.2, -0.15) is 0 Å². The Bertz CT molecular complexity index is 418. The summed E-state index contributed by atoms with van der Waals surface area (Å²) in [6.07, 6.45) is 1.87. The molecule has 0 aliphatic carbocycles. The number of hydrogen-bond acceptors (Lipinski definition) is 5. The highest BCUT2D eigenvalue weighted by Gasteiger charge is 2.12. The summed E-state index contributed by atoms with van der Waals surface area (Å²) in [5.74, 6) is -1.54. The van der Waals surface area contributed by atoms with Crippen LogP contribution in [0.4, 0.5) is 0 Å². The predicted octanol–water partition coefficient (Wildman–Crippen LogP) is 2.33. The van der Waals surface area contributed by atoms with Gasteiger partial charge in [-0.1, -0.05) is 13.8 Å². The van der Waals surface area contributed by atoms with Gasteiger partial charge in [0.15, 0.2) is 17.2 Å². The summed E-state index contributed by atoms with van der Waals surface area (Å²) < 4.78 is 5.09. The lowest BCUT2D eigenvalue weighted by molar-refractivity contribution is -0.148. The first-order chi connectivity index (χ1) is 8.95. The molecule has 0 spiro atoms. The number of ether oxygens (including phenoxy) is 1. The molecule has 0 amide bonds. The fraction of sp³-hybridized carbons (Fsp3) is 0.500. The Morgan fingerprint density at radius 2 is 1.84 bits per heavy atom. The van der Waals surface area contributed by atoms with Gasteiger partial charge in [-0.05, 0) is 37.0 Å². The average molecular weight is 268 g/mol. The van der Waals surface area contributed by atoms with Crippen molar-refractivity contribution in [3.63, 3.8) is 0 Å². The second-order valence-corrected chi connectivity index (χ2v) is 4.56. The van der Waals surface area contributed by atoms with Gasteiger partial charge in [0, 0.05) is 0 Å². The average Bonchev–Trinajstić information content (AvgIpc) is 2.39. The van der Waals surface area contributed by atoms with Gasteiger partial charge < -0.3 is 20.1 Å². The van der Waals surface area contributed by atoms with Crippen molar-refractivity contribution in [2.75, 3.05) is 6.61 Å². The number of carbonyl (C=O) groups excluding carboxylic acids is 1. The number of phenols is 3. The largest absolute Gasteiger partial charge is 0.504 e. The Kier molecular flexibility index (Phi) is 5.48. The lowest BCUT2D eigenvalue weighted by Gasteiger charge is -2.09. The van der Waals surface area contributed by atoms with E-state index >= 15 is 0 Å². The molecule has 106 valence electrons. The third-order valence-corrected chi connectivity index (χ3v) is 3.00. The van der Waals surface area contributed by atoms with Gasteiger partial charge in [-0.3, -0.25) is 4.79 Å². The highest BCUT2D eigenvalue weighted by atomic mass is 16.5. The smallest absolute Gasteiger partial charge is 0.308 e. The van der Waals surface area contributed by atoms with E-state index in [1.165, 1.54) is 12.1 Å². The van der Waals surface area contributed by atoms with Crippen molar-refractivity contribution in [3.05, 3.63) is 17.7 Å². The molecule has 5 heteroatoms. The zero-order valence-corrected chi connectivity index (χ0v) is 11.2. The maximum atomic E-state index is 11.4. The van der Waals surface area contributed by atoms with Crippen LogP contribution in [0.1, 0.15) is 32.3 Å². The summed E-state index contributed by atoms with van der Waals surface area (Å²) in [6.45, 7) is 4.04. The first-order valence-electron chi connectivity index (χ1n) is 6.36. The lowest BCUT2D eigenvalue weighted by Crippen LogP contribution is -2.14. The number of esters is 1. The Morgan fingerprint density at radius 3 is 2.37 bits per heavy atom. The summed E-state index contributed by atoms with van der Waals surface area (Å²) in [7, 11) is 0. The number of carbonyl (C=O) groups is 1. The van der Waals surface area contributed by atoms with Crippen LogP contribution in [0.15, 0.2) is 12.1 Å². The van der Waals surface area contributed by atoms with Crippen molar-refractivity contribution in [1.29, 1.82) is 0 Å². The minimum atomic E-state index is -0.521. The van der Waals surface area contributed by atoms with E-state index in [1.54, 1.807) is 0 Å². The van der Waals surface area contributed by atoms with Gasteiger partial charge >= 0.3 is 5.97 Å². The number of rotatable bonds is 6. The number of aromatic hydroxyl groups is 3. The molecule has 0 aliphatic rings. The monoisotopic (exact) mass is 268 g/mol. The van der Waals surface area contributed by atoms with Crippen LogP contribution in [-0.2, 0) is 16.0 Å². The van der Waals surface area contributed by atoms with Gasteiger partial charge in [0.25, 0.3) is 0 Å². The van der Waals surface area contributed by atoms with Crippen LogP contribution < -0.4 is 0 Å². The van der Waals surface area contributed by atoms with Crippen LogP contribution in [0, 0.1) is 5.92 Å². The molecule has 0 fully saturated rings.